The molecule has 7 heteroatoms. The molecule has 6 nitrogen and oxygen atoms in total. The lowest BCUT2D eigenvalue weighted by Gasteiger charge is -2.12. The quantitative estimate of drug-likeness (QED) is 0.607. The van der Waals surface area contributed by atoms with E-state index in [2.05, 4.69) is 18.8 Å². The summed E-state index contributed by atoms with van der Waals surface area (Å²) < 4.78 is 31.2. The van der Waals surface area contributed by atoms with Crippen molar-refractivity contribution in [1.29, 1.82) is 0 Å². The normalized spacial score (nSPS) is 12.1. The molecule has 29 heavy (non-hydrogen) atoms. The van der Waals surface area contributed by atoms with Gasteiger partial charge in [-0.1, -0.05) is 44.2 Å². The fourth-order valence-corrected chi connectivity index (χ4v) is 4.28. The van der Waals surface area contributed by atoms with Gasteiger partial charge in [0.1, 0.15) is 5.69 Å². The molecule has 3 aromatic rings. The van der Waals surface area contributed by atoms with Gasteiger partial charge in [0.05, 0.1) is 17.0 Å². The van der Waals surface area contributed by atoms with Gasteiger partial charge in [0, 0.05) is 25.0 Å². The molecule has 3 rings (SSSR count). The van der Waals surface area contributed by atoms with Crippen LogP contribution in [0, 0.1) is 0 Å². The number of aromatic nitrogens is 1. The zero-order chi connectivity index (χ0) is 21.3. The van der Waals surface area contributed by atoms with Gasteiger partial charge in [-0.3, -0.25) is 0 Å². The summed E-state index contributed by atoms with van der Waals surface area (Å²) in [5.41, 5.74) is 3.84. The van der Waals surface area contributed by atoms with Crippen LogP contribution in [0.1, 0.15) is 42.7 Å². The van der Waals surface area contributed by atoms with Gasteiger partial charge in [0.15, 0.2) is 0 Å². The molecule has 0 amide bonds. The number of benzene rings is 2. The summed E-state index contributed by atoms with van der Waals surface area (Å²) in [6.07, 6.45) is 0. The standard InChI is InChI=1S/C22H26N2O4S/c1-6-28-22(25)21-19(18-9-7-8-17(14(2)3)20(18)23-21)15-10-12-16(13-11-15)29(26,27)24(4)5/h7-14,23H,6H2,1-5H3. The second-order valence-electron chi connectivity index (χ2n) is 7.33. The van der Waals surface area contributed by atoms with Crippen molar-refractivity contribution < 1.29 is 17.9 Å². The molecule has 1 aromatic heterocycles. The molecule has 154 valence electrons. The van der Waals surface area contributed by atoms with Crippen molar-refractivity contribution in [3.05, 3.63) is 53.7 Å². The first-order valence-corrected chi connectivity index (χ1v) is 11.0. The van der Waals surface area contributed by atoms with Crippen LogP contribution in [0.2, 0.25) is 0 Å². The maximum absolute atomic E-state index is 12.6. The predicted molar refractivity (Wildman–Crippen MR) is 115 cm³/mol. The Morgan fingerprint density at radius 3 is 2.31 bits per heavy atom. The number of nitrogens with one attached hydrogen (secondary N) is 1. The molecule has 2 aromatic carbocycles. The van der Waals surface area contributed by atoms with E-state index in [1.165, 1.54) is 18.4 Å². The summed E-state index contributed by atoms with van der Waals surface area (Å²) in [7, 11) is -0.534. The number of H-pyrrole nitrogens is 1. The van der Waals surface area contributed by atoms with Crippen molar-refractivity contribution in [1.82, 2.24) is 9.29 Å². The van der Waals surface area contributed by atoms with E-state index in [0.29, 0.717) is 5.69 Å². The van der Waals surface area contributed by atoms with Crippen molar-refractivity contribution >= 4 is 26.9 Å². The lowest BCUT2D eigenvalue weighted by Crippen LogP contribution is -2.22. The minimum Gasteiger partial charge on any atom is -0.461 e. The highest BCUT2D eigenvalue weighted by molar-refractivity contribution is 7.89. The van der Waals surface area contributed by atoms with Crippen molar-refractivity contribution in [3.8, 4) is 11.1 Å². The molecule has 0 saturated heterocycles. The number of hydrogen-bond donors (Lipinski definition) is 1. The van der Waals surface area contributed by atoms with E-state index in [9.17, 15) is 13.2 Å². The van der Waals surface area contributed by atoms with E-state index in [1.807, 2.05) is 18.2 Å². The molecular weight excluding hydrogens is 388 g/mol. The lowest BCUT2D eigenvalue weighted by atomic mass is 9.97. The fraction of sp³-hybridized carbons (Fsp3) is 0.318. The third-order valence-electron chi connectivity index (χ3n) is 4.89. The zero-order valence-corrected chi connectivity index (χ0v) is 18.1. The second kappa shape index (κ2) is 8.00. The third-order valence-corrected chi connectivity index (χ3v) is 6.72. The first-order valence-electron chi connectivity index (χ1n) is 9.53. The Labute approximate surface area is 171 Å². The molecule has 1 N–H and O–H groups in total. The molecule has 0 spiro atoms. The Morgan fingerprint density at radius 2 is 1.76 bits per heavy atom. The highest BCUT2D eigenvalue weighted by Gasteiger charge is 2.23. The molecule has 0 aliphatic rings. The number of esters is 1. The van der Waals surface area contributed by atoms with Crippen LogP contribution in [0.15, 0.2) is 47.4 Å². The van der Waals surface area contributed by atoms with Crippen LogP contribution in [-0.4, -0.2) is 44.4 Å². The van der Waals surface area contributed by atoms with Gasteiger partial charge >= 0.3 is 5.97 Å². The summed E-state index contributed by atoms with van der Waals surface area (Å²) in [4.78, 5) is 16.1. The number of aromatic amines is 1. The van der Waals surface area contributed by atoms with Crippen LogP contribution in [0.4, 0.5) is 0 Å². The minimum atomic E-state index is -3.52. The molecular formula is C22H26N2O4S. The maximum atomic E-state index is 12.6. The van der Waals surface area contributed by atoms with E-state index in [1.54, 1.807) is 31.2 Å². The van der Waals surface area contributed by atoms with Gasteiger partial charge in [-0.15, -0.1) is 0 Å². The number of para-hydroxylation sites is 1. The van der Waals surface area contributed by atoms with E-state index in [0.717, 1.165) is 27.6 Å². The number of hydrogen-bond acceptors (Lipinski definition) is 4. The topological polar surface area (TPSA) is 79.5 Å². The van der Waals surface area contributed by atoms with Crippen molar-refractivity contribution in [2.75, 3.05) is 20.7 Å². The summed E-state index contributed by atoms with van der Waals surface area (Å²) >= 11 is 0. The number of rotatable bonds is 6. The Hall–Kier alpha value is -2.64. The van der Waals surface area contributed by atoms with E-state index in [4.69, 9.17) is 4.74 Å². The highest BCUT2D eigenvalue weighted by atomic mass is 32.2. The third kappa shape index (κ3) is 3.80. The number of carbonyl (C=O) groups excluding carboxylic acids is 1. The van der Waals surface area contributed by atoms with Crippen LogP contribution < -0.4 is 0 Å². The highest BCUT2D eigenvalue weighted by Crippen LogP contribution is 2.36. The van der Waals surface area contributed by atoms with Gasteiger partial charge in [-0.25, -0.2) is 17.5 Å². The Morgan fingerprint density at radius 1 is 1.10 bits per heavy atom. The smallest absolute Gasteiger partial charge is 0.355 e. The molecule has 0 atom stereocenters. The largest absolute Gasteiger partial charge is 0.461 e. The average Bonchev–Trinajstić information content (AvgIpc) is 3.07. The minimum absolute atomic E-state index is 0.201. The molecule has 0 bridgehead atoms. The average molecular weight is 415 g/mol. The Bertz CT molecular complexity index is 1140. The maximum Gasteiger partial charge on any atom is 0.355 e. The molecule has 0 aliphatic carbocycles. The van der Waals surface area contributed by atoms with Gasteiger partial charge in [-0.05, 0) is 36.1 Å². The van der Waals surface area contributed by atoms with Gasteiger partial charge < -0.3 is 9.72 Å². The number of carbonyl (C=O) groups is 1. The lowest BCUT2D eigenvalue weighted by molar-refractivity contribution is 0.0521. The molecule has 0 radical (unpaired) electrons. The molecule has 0 fully saturated rings. The van der Waals surface area contributed by atoms with E-state index < -0.39 is 16.0 Å². The van der Waals surface area contributed by atoms with Crippen LogP contribution in [-0.2, 0) is 14.8 Å². The van der Waals surface area contributed by atoms with Gasteiger partial charge in [0.2, 0.25) is 10.0 Å². The van der Waals surface area contributed by atoms with Gasteiger partial charge in [-0.2, -0.15) is 0 Å². The van der Waals surface area contributed by atoms with Crippen LogP contribution in [0.5, 0.6) is 0 Å². The number of ether oxygens (including phenoxy) is 1. The van der Waals surface area contributed by atoms with Crippen molar-refractivity contribution in [2.45, 2.75) is 31.6 Å². The predicted octanol–water partition coefficient (Wildman–Crippen LogP) is 4.39. The Kier molecular flexibility index (Phi) is 5.82. The molecule has 0 unspecified atom stereocenters. The first kappa shape index (κ1) is 21.1. The fourth-order valence-electron chi connectivity index (χ4n) is 3.38. The SMILES string of the molecule is CCOC(=O)c1[nH]c2c(C(C)C)cccc2c1-c1ccc(S(=O)(=O)N(C)C)cc1. The number of sulfonamides is 1. The summed E-state index contributed by atoms with van der Waals surface area (Å²) in [6, 6.07) is 12.5. The van der Waals surface area contributed by atoms with Crippen molar-refractivity contribution in [3.63, 3.8) is 0 Å². The summed E-state index contributed by atoms with van der Waals surface area (Å²) in [5, 5.41) is 0.905. The second-order valence-corrected chi connectivity index (χ2v) is 9.48. The van der Waals surface area contributed by atoms with E-state index in [-0.39, 0.29) is 17.4 Å². The van der Waals surface area contributed by atoms with Crippen LogP contribution >= 0.6 is 0 Å². The van der Waals surface area contributed by atoms with Crippen LogP contribution in [0.25, 0.3) is 22.0 Å². The van der Waals surface area contributed by atoms with Crippen molar-refractivity contribution in [2.24, 2.45) is 0 Å². The Balaban J connectivity index is 2.23. The summed E-state index contributed by atoms with van der Waals surface area (Å²) in [6.45, 7) is 6.23. The first-order chi connectivity index (χ1) is 13.7. The van der Waals surface area contributed by atoms with E-state index >= 15 is 0 Å². The number of fused-ring (bicyclic) bond motifs is 1. The van der Waals surface area contributed by atoms with Crippen LogP contribution in [0.3, 0.4) is 0 Å². The zero-order valence-electron chi connectivity index (χ0n) is 17.3. The molecule has 0 saturated carbocycles. The monoisotopic (exact) mass is 414 g/mol. The molecule has 1 heterocycles. The summed E-state index contributed by atoms with van der Waals surface area (Å²) in [5.74, 6) is -0.161. The molecule has 0 aliphatic heterocycles. The number of nitrogens with zero attached hydrogens (tertiary/aromatic N) is 1. The van der Waals surface area contributed by atoms with Gasteiger partial charge in [0.25, 0.3) is 0 Å².